The average Bonchev–Trinajstić information content (AvgIpc) is 2.87. The molecule has 2 aromatic heterocycles. The first-order chi connectivity index (χ1) is 9.64. The molecule has 7 nitrogen and oxygen atoms in total. The fourth-order valence-electron chi connectivity index (χ4n) is 2.51. The highest BCUT2D eigenvalue weighted by atomic mass is 32.2. The molecule has 1 fully saturated rings. The van der Waals surface area contributed by atoms with Gasteiger partial charge in [-0.2, -0.15) is 9.29 Å². The van der Waals surface area contributed by atoms with E-state index in [1.807, 2.05) is 5.38 Å². The Labute approximate surface area is 121 Å². The van der Waals surface area contributed by atoms with Crippen molar-refractivity contribution in [3.63, 3.8) is 0 Å². The lowest BCUT2D eigenvalue weighted by atomic mass is 10.2. The van der Waals surface area contributed by atoms with Gasteiger partial charge in [0, 0.05) is 24.7 Å². The number of thiazole rings is 1. The largest absolute Gasteiger partial charge is 0.306 e. The SMILES string of the molecule is NNc1nc2sccn2c1S(=O)(=O)N1CCCCCC1. The zero-order chi connectivity index (χ0) is 14.2. The highest BCUT2D eigenvalue weighted by Crippen LogP contribution is 2.28. The molecule has 3 rings (SSSR count). The van der Waals surface area contributed by atoms with Crippen molar-refractivity contribution < 1.29 is 8.42 Å². The summed E-state index contributed by atoms with van der Waals surface area (Å²) >= 11 is 1.38. The van der Waals surface area contributed by atoms with Gasteiger partial charge in [0.2, 0.25) is 5.03 Å². The van der Waals surface area contributed by atoms with E-state index in [-0.39, 0.29) is 10.8 Å². The molecule has 2 aromatic rings. The van der Waals surface area contributed by atoms with Crippen LogP contribution in [-0.4, -0.2) is 35.2 Å². The van der Waals surface area contributed by atoms with E-state index < -0.39 is 10.0 Å². The Morgan fingerprint density at radius 2 is 1.95 bits per heavy atom. The van der Waals surface area contributed by atoms with Gasteiger partial charge in [-0.1, -0.05) is 12.8 Å². The fraction of sp³-hybridized carbons (Fsp3) is 0.545. The van der Waals surface area contributed by atoms with Crippen LogP contribution < -0.4 is 11.3 Å². The minimum Gasteiger partial charge on any atom is -0.306 e. The van der Waals surface area contributed by atoms with E-state index in [0.717, 1.165) is 25.7 Å². The van der Waals surface area contributed by atoms with Crippen LogP contribution in [0.5, 0.6) is 0 Å². The first kappa shape index (κ1) is 13.8. The van der Waals surface area contributed by atoms with Crippen LogP contribution in [-0.2, 0) is 10.0 Å². The van der Waals surface area contributed by atoms with Gasteiger partial charge in [0.25, 0.3) is 10.0 Å². The lowest BCUT2D eigenvalue weighted by Crippen LogP contribution is -2.33. The van der Waals surface area contributed by atoms with Crippen molar-refractivity contribution in [2.45, 2.75) is 30.7 Å². The lowest BCUT2D eigenvalue weighted by Gasteiger charge is -2.19. The summed E-state index contributed by atoms with van der Waals surface area (Å²) in [6, 6.07) is 0. The molecule has 3 N–H and O–H groups in total. The number of sulfonamides is 1. The summed E-state index contributed by atoms with van der Waals surface area (Å²) in [4.78, 5) is 4.83. The molecule has 0 aliphatic carbocycles. The van der Waals surface area contributed by atoms with Gasteiger partial charge in [-0.3, -0.25) is 4.40 Å². The Hall–Kier alpha value is -1.16. The van der Waals surface area contributed by atoms with Crippen LogP contribution in [0.2, 0.25) is 0 Å². The summed E-state index contributed by atoms with van der Waals surface area (Å²) in [5.74, 6) is 5.64. The van der Waals surface area contributed by atoms with Crippen LogP contribution in [0.4, 0.5) is 5.82 Å². The molecule has 0 bridgehead atoms. The molecule has 0 saturated carbocycles. The molecule has 1 aliphatic heterocycles. The van der Waals surface area contributed by atoms with Crippen LogP contribution in [0.1, 0.15) is 25.7 Å². The number of hydrogen-bond donors (Lipinski definition) is 2. The van der Waals surface area contributed by atoms with E-state index in [9.17, 15) is 8.42 Å². The molecule has 0 aromatic carbocycles. The molecular weight excluding hydrogens is 298 g/mol. The maximum Gasteiger partial charge on any atom is 0.262 e. The van der Waals surface area contributed by atoms with Gasteiger partial charge in [-0.15, -0.1) is 11.3 Å². The van der Waals surface area contributed by atoms with Crippen LogP contribution in [0, 0.1) is 0 Å². The van der Waals surface area contributed by atoms with E-state index in [1.54, 1.807) is 14.9 Å². The molecular formula is C11H17N5O2S2. The number of fused-ring (bicyclic) bond motifs is 1. The van der Waals surface area contributed by atoms with Gasteiger partial charge in [-0.05, 0) is 12.8 Å². The van der Waals surface area contributed by atoms with Crippen LogP contribution in [0.3, 0.4) is 0 Å². The van der Waals surface area contributed by atoms with Gasteiger partial charge in [0.05, 0.1) is 0 Å². The summed E-state index contributed by atoms with van der Waals surface area (Å²) in [5, 5.41) is 1.95. The molecule has 110 valence electrons. The zero-order valence-electron chi connectivity index (χ0n) is 10.9. The van der Waals surface area contributed by atoms with E-state index in [1.165, 1.54) is 11.3 Å². The van der Waals surface area contributed by atoms with Gasteiger partial charge in [0.1, 0.15) is 0 Å². The quantitative estimate of drug-likeness (QED) is 0.657. The van der Waals surface area contributed by atoms with E-state index >= 15 is 0 Å². The van der Waals surface area contributed by atoms with Crippen molar-refractivity contribution in [2.75, 3.05) is 18.5 Å². The maximum absolute atomic E-state index is 12.9. The number of nitrogens with zero attached hydrogens (tertiary/aromatic N) is 3. The van der Waals surface area contributed by atoms with Crippen LogP contribution >= 0.6 is 11.3 Å². The fourth-order valence-corrected chi connectivity index (χ4v) is 5.01. The van der Waals surface area contributed by atoms with E-state index in [2.05, 4.69) is 10.4 Å². The topological polar surface area (TPSA) is 92.7 Å². The van der Waals surface area contributed by atoms with Crippen molar-refractivity contribution in [3.05, 3.63) is 11.6 Å². The molecule has 0 atom stereocenters. The minimum atomic E-state index is -3.58. The molecule has 1 saturated heterocycles. The van der Waals surface area contributed by atoms with Gasteiger partial charge >= 0.3 is 0 Å². The van der Waals surface area contributed by atoms with Crippen molar-refractivity contribution in [1.29, 1.82) is 0 Å². The predicted octanol–water partition coefficient (Wildman–Crippen LogP) is 1.25. The molecule has 0 radical (unpaired) electrons. The number of anilines is 1. The minimum absolute atomic E-state index is 0.137. The highest BCUT2D eigenvalue weighted by molar-refractivity contribution is 7.89. The normalized spacial score (nSPS) is 18.2. The molecule has 3 heterocycles. The lowest BCUT2D eigenvalue weighted by molar-refractivity contribution is 0.421. The Bertz CT molecular complexity index is 698. The summed E-state index contributed by atoms with van der Waals surface area (Å²) in [6.45, 7) is 1.12. The average molecular weight is 315 g/mol. The summed E-state index contributed by atoms with van der Waals surface area (Å²) in [7, 11) is -3.58. The number of hydrazine groups is 1. The number of nitrogens with one attached hydrogen (secondary N) is 1. The monoisotopic (exact) mass is 315 g/mol. The third-order valence-corrected chi connectivity index (χ3v) is 6.18. The molecule has 1 aliphatic rings. The van der Waals surface area contributed by atoms with Gasteiger partial charge < -0.3 is 5.43 Å². The van der Waals surface area contributed by atoms with Crippen LogP contribution in [0.25, 0.3) is 4.96 Å². The van der Waals surface area contributed by atoms with Gasteiger partial charge in [-0.25, -0.2) is 14.3 Å². The van der Waals surface area contributed by atoms with Crippen molar-refractivity contribution in [2.24, 2.45) is 5.84 Å². The number of rotatable bonds is 3. The third-order valence-electron chi connectivity index (χ3n) is 3.50. The highest BCUT2D eigenvalue weighted by Gasteiger charge is 2.32. The second-order valence-corrected chi connectivity index (χ2v) is 7.51. The standard InChI is InChI=1S/C11H17N5O2S2/c12-14-9-10(16-7-8-19-11(16)13-9)20(17,18)15-5-3-1-2-4-6-15/h7-8,14H,1-6,12H2. The maximum atomic E-state index is 12.9. The first-order valence-corrected chi connectivity index (χ1v) is 8.89. The smallest absolute Gasteiger partial charge is 0.262 e. The van der Waals surface area contributed by atoms with Crippen LogP contribution in [0.15, 0.2) is 16.6 Å². The molecule has 20 heavy (non-hydrogen) atoms. The Morgan fingerprint density at radius 3 is 2.60 bits per heavy atom. The summed E-state index contributed by atoms with van der Waals surface area (Å²) < 4.78 is 28.9. The number of hydrogen-bond acceptors (Lipinski definition) is 6. The summed E-state index contributed by atoms with van der Waals surface area (Å²) in [6.07, 6.45) is 5.66. The number of aromatic nitrogens is 2. The van der Waals surface area contributed by atoms with Crippen molar-refractivity contribution >= 4 is 32.1 Å². The number of imidazole rings is 1. The zero-order valence-corrected chi connectivity index (χ0v) is 12.6. The van der Waals surface area contributed by atoms with Gasteiger partial charge in [0.15, 0.2) is 10.8 Å². The van der Waals surface area contributed by atoms with Crippen molar-refractivity contribution in [3.8, 4) is 0 Å². The second kappa shape index (κ2) is 5.32. The molecule has 0 spiro atoms. The third kappa shape index (κ3) is 2.20. The summed E-state index contributed by atoms with van der Waals surface area (Å²) in [5.41, 5.74) is 2.40. The van der Waals surface area contributed by atoms with E-state index in [4.69, 9.17) is 5.84 Å². The first-order valence-electron chi connectivity index (χ1n) is 6.57. The Morgan fingerprint density at radius 1 is 1.25 bits per heavy atom. The van der Waals surface area contributed by atoms with E-state index in [0.29, 0.717) is 18.1 Å². The number of nitrogen functional groups attached to an aromatic ring is 1. The molecule has 0 unspecified atom stereocenters. The second-order valence-electron chi connectivity index (χ2n) is 4.78. The Balaban J connectivity index is 2.09. The molecule has 0 amide bonds. The predicted molar refractivity (Wildman–Crippen MR) is 78.1 cm³/mol. The number of nitrogens with two attached hydrogens (primary N) is 1. The molecule has 9 heteroatoms. The Kier molecular flexibility index (Phi) is 3.67. The van der Waals surface area contributed by atoms with Crippen molar-refractivity contribution in [1.82, 2.24) is 13.7 Å².